The predicted molar refractivity (Wildman–Crippen MR) is 125 cm³/mol. The Hall–Kier alpha value is -2.88. The fourth-order valence-electron chi connectivity index (χ4n) is 4.18. The van der Waals surface area contributed by atoms with Crippen LogP contribution in [0.15, 0.2) is 36.4 Å². The second-order valence-electron chi connectivity index (χ2n) is 7.86. The Labute approximate surface area is 200 Å². The third kappa shape index (κ3) is 5.21. The standard InChI is InChI=1S/C22H22Cl2N4O5/c23-14-10-15(24)12-16(11-14)25-21(29)20-2-1-5-27(20)22(30)18-13-17(28(31)32)3-4-19(18)26-6-8-33-9-7-26/h3-4,10-13,20H,1-2,5-9H2,(H,25,29). The first kappa shape index (κ1) is 23.3. The second kappa shape index (κ2) is 9.94. The number of nitrogens with zero attached hydrogens (tertiary/aromatic N) is 3. The summed E-state index contributed by atoms with van der Waals surface area (Å²) >= 11 is 12.0. The Morgan fingerprint density at radius 3 is 2.42 bits per heavy atom. The normalized spacial score (nSPS) is 18.3. The van der Waals surface area contributed by atoms with Crippen LogP contribution in [0.1, 0.15) is 23.2 Å². The summed E-state index contributed by atoms with van der Waals surface area (Å²) in [7, 11) is 0. The molecular weight excluding hydrogens is 471 g/mol. The van der Waals surface area contributed by atoms with Crippen molar-refractivity contribution in [1.29, 1.82) is 0 Å². The molecule has 0 aromatic heterocycles. The van der Waals surface area contributed by atoms with Crippen molar-refractivity contribution in [2.45, 2.75) is 18.9 Å². The van der Waals surface area contributed by atoms with Crippen LogP contribution in [0.25, 0.3) is 0 Å². The number of halogens is 2. The molecule has 1 atom stereocenters. The van der Waals surface area contributed by atoms with Crippen molar-refractivity contribution >= 4 is 52.1 Å². The van der Waals surface area contributed by atoms with Crippen LogP contribution >= 0.6 is 23.2 Å². The summed E-state index contributed by atoms with van der Waals surface area (Å²) in [5.74, 6) is -0.778. The van der Waals surface area contributed by atoms with Crippen molar-refractivity contribution in [3.8, 4) is 0 Å². The maximum absolute atomic E-state index is 13.6. The van der Waals surface area contributed by atoms with Crippen LogP contribution in [0.2, 0.25) is 10.0 Å². The summed E-state index contributed by atoms with van der Waals surface area (Å²) < 4.78 is 5.39. The zero-order valence-corrected chi connectivity index (χ0v) is 19.1. The molecule has 1 unspecified atom stereocenters. The molecule has 2 aliphatic rings. The van der Waals surface area contributed by atoms with Gasteiger partial charge in [0.1, 0.15) is 6.04 Å². The number of ether oxygens (including phenoxy) is 1. The molecule has 2 aliphatic heterocycles. The van der Waals surface area contributed by atoms with Crippen molar-refractivity contribution in [1.82, 2.24) is 4.90 Å². The summed E-state index contributed by atoms with van der Waals surface area (Å²) in [6, 6.07) is 8.25. The maximum Gasteiger partial charge on any atom is 0.270 e. The van der Waals surface area contributed by atoms with E-state index in [4.69, 9.17) is 27.9 Å². The van der Waals surface area contributed by atoms with Crippen LogP contribution < -0.4 is 10.2 Å². The Bertz CT molecular complexity index is 1070. The Morgan fingerprint density at radius 1 is 1.06 bits per heavy atom. The highest BCUT2D eigenvalue weighted by atomic mass is 35.5. The average Bonchev–Trinajstić information content (AvgIpc) is 3.28. The van der Waals surface area contributed by atoms with E-state index in [0.717, 1.165) is 0 Å². The topological polar surface area (TPSA) is 105 Å². The van der Waals surface area contributed by atoms with Gasteiger partial charge in [-0.25, -0.2) is 0 Å². The van der Waals surface area contributed by atoms with Crippen LogP contribution in [-0.4, -0.2) is 60.5 Å². The summed E-state index contributed by atoms with van der Waals surface area (Å²) in [6.45, 7) is 2.51. The molecule has 2 aromatic rings. The molecule has 4 rings (SSSR count). The summed E-state index contributed by atoms with van der Waals surface area (Å²) in [5.41, 5.74) is 1.06. The van der Waals surface area contributed by atoms with Gasteiger partial charge in [0.25, 0.3) is 11.6 Å². The van der Waals surface area contributed by atoms with Crippen molar-refractivity contribution in [2.24, 2.45) is 0 Å². The molecule has 1 N–H and O–H groups in total. The lowest BCUT2D eigenvalue weighted by Gasteiger charge is -2.31. The number of hydrogen-bond acceptors (Lipinski definition) is 6. The van der Waals surface area contributed by atoms with Gasteiger partial charge in [-0.3, -0.25) is 19.7 Å². The van der Waals surface area contributed by atoms with E-state index in [-0.39, 0.29) is 17.2 Å². The second-order valence-corrected chi connectivity index (χ2v) is 8.73. The summed E-state index contributed by atoms with van der Waals surface area (Å²) in [4.78, 5) is 40.9. The van der Waals surface area contributed by atoms with Gasteiger partial charge in [0, 0.05) is 47.5 Å². The van der Waals surface area contributed by atoms with E-state index >= 15 is 0 Å². The van der Waals surface area contributed by atoms with E-state index in [2.05, 4.69) is 5.32 Å². The Kier molecular flexibility index (Phi) is 7.02. The zero-order chi connectivity index (χ0) is 23.5. The van der Waals surface area contributed by atoms with Gasteiger partial charge in [0.2, 0.25) is 5.91 Å². The molecule has 33 heavy (non-hydrogen) atoms. The van der Waals surface area contributed by atoms with Gasteiger partial charge in [0.15, 0.2) is 0 Å². The largest absolute Gasteiger partial charge is 0.378 e. The lowest BCUT2D eigenvalue weighted by Crippen LogP contribution is -2.44. The van der Waals surface area contributed by atoms with Gasteiger partial charge in [-0.2, -0.15) is 0 Å². The molecule has 2 saturated heterocycles. The molecule has 9 nitrogen and oxygen atoms in total. The summed E-state index contributed by atoms with van der Waals surface area (Å²) in [5, 5.41) is 14.9. The zero-order valence-electron chi connectivity index (χ0n) is 17.6. The SMILES string of the molecule is O=C(Nc1cc(Cl)cc(Cl)c1)C1CCCN1C(=O)c1cc([N+](=O)[O-])ccc1N1CCOCC1. The highest BCUT2D eigenvalue weighted by Gasteiger charge is 2.36. The number of hydrogen-bond donors (Lipinski definition) is 1. The van der Waals surface area contributed by atoms with Crippen molar-refractivity contribution in [3.05, 3.63) is 62.1 Å². The number of carbonyl (C=O) groups excluding carboxylic acids is 2. The molecule has 2 amide bonds. The molecule has 0 spiro atoms. The van der Waals surface area contributed by atoms with E-state index in [1.54, 1.807) is 24.3 Å². The third-order valence-corrected chi connectivity index (χ3v) is 6.16. The number of non-ortho nitro benzene ring substituents is 1. The minimum atomic E-state index is -0.716. The Morgan fingerprint density at radius 2 is 1.76 bits per heavy atom. The van der Waals surface area contributed by atoms with Crippen LogP contribution in [0, 0.1) is 10.1 Å². The molecule has 11 heteroatoms. The molecule has 2 heterocycles. The van der Waals surface area contributed by atoms with Crippen LogP contribution in [0.4, 0.5) is 17.1 Å². The van der Waals surface area contributed by atoms with Crippen molar-refractivity contribution in [2.75, 3.05) is 43.1 Å². The smallest absolute Gasteiger partial charge is 0.270 e. The number of rotatable bonds is 5. The van der Waals surface area contributed by atoms with Gasteiger partial charge < -0.3 is 19.9 Å². The number of nitrogens with one attached hydrogen (secondary N) is 1. The van der Waals surface area contributed by atoms with Gasteiger partial charge >= 0.3 is 0 Å². The number of morpholine rings is 1. The molecule has 0 saturated carbocycles. The molecule has 0 aliphatic carbocycles. The van der Waals surface area contributed by atoms with E-state index in [1.807, 2.05) is 4.90 Å². The highest BCUT2D eigenvalue weighted by Crippen LogP contribution is 2.31. The minimum absolute atomic E-state index is 0.177. The van der Waals surface area contributed by atoms with E-state index in [1.165, 1.54) is 17.0 Å². The monoisotopic (exact) mass is 492 g/mol. The van der Waals surface area contributed by atoms with Crippen LogP contribution in [0.3, 0.4) is 0 Å². The van der Waals surface area contributed by atoms with Gasteiger partial charge in [0.05, 0.1) is 29.4 Å². The quantitative estimate of drug-likeness (QED) is 0.499. The van der Waals surface area contributed by atoms with Crippen molar-refractivity contribution in [3.63, 3.8) is 0 Å². The summed E-state index contributed by atoms with van der Waals surface area (Å²) in [6.07, 6.45) is 1.12. The molecule has 0 radical (unpaired) electrons. The Balaban J connectivity index is 1.61. The number of nitro benzene ring substituents is 1. The van der Waals surface area contributed by atoms with Gasteiger partial charge in [-0.15, -0.1) is 0 Å². The molecule has 2 fully saturated rings. The number of benzene rings is 2. The fraction of sp³-hybridized carbons (Fsp3) is 0.364. The molecular formula is C22H22Cl2N4O5. The van der Waals surface area contributed by atoms with Gasteiger partial charge in [-0.1, -0.05) is 23.2 Å². The van der Waals surface area contributed by atoms with Crippen LogP contribution in [-0.2, 0) is 9.53 Å². The maximum atomic E-state index is 13.6. The number of nitro groups is 1. The highest BCUT2D eigenvalue weighted by molar-refractivity contribution is 6.35. The minimum Gasteiger partial charge on any atom is -0.378 e. The lowest BCUT2D eigenvalue weighted by molar-refractivity contribution is -0.384. The number of carbonyl (C=O) groups is 2. The molecule has 2 aromatic carbocycles. The number of anilines is 2. The first-order valence-electron chi connectivity index (χ1n) is 10.5. The molecule has 174 valence electrons. The number of likely N-dealkylation sites (tertiary alicyclic amines) is 1. The first-order valence-corrected chi connectivity index (χ1v) is 11.3. The van der Waals surface area contributed by atoms with E-state index in [0.29, 0.717) is 67.1 Å². The van der Waals surface area contributed by atoms with Gasteiger partial charge in [-0.05, 0) is 37.1 Å². The predicted octanol–water partition coefficient (Wildman–Crippen LogP) is 3.98. The average molecular weight is 493 g/mol. The van der Waals surface area contributed by atoms with Crippen LogP contribution in [0.5, 0.6) is 0 Å². The van der Waals surface area contributed by atoms with Crippen molar-refractivity contribution < 1.29 is 19.2 Å². The van der Waals surface area contributed by atoms with E-state index in [9.17, 15) is 19.7 Å². The fourth-order valence-corrected chi connectivity index (χ4v) is 4.70. The number of amides is 2. The molecule has 0 bridgehead atoms. The third-order valence-electron chi connectivity index (χ3n) is 5.72. The first-order chi connectivity index (χ1) is 15.8. The van der Waals surface area contributed by atoms with E-state index < -0.39 is 16.9 Å². The lowest BCUT2D eigenvalue weighted by atomic mass is 10.1.